The Morgan fingerprint density at radius 2 is 1.73 bits per heavy atom. The van der Waals surface area contributed by atoms with E-state index in [9.17, 15) is 19.1 Å². The maximum Gasteiger partial charge on any atom is 0.272 e. The van der Waals surface area contributed by atoms with Crippen LogP contribution < -0.4 is 16.0 Å². The zero-order valence-electron chi connectivity index (χ0n) is 17.9. The van der Waals surface area contributed by atoms with Crippen LogP contribution in [0.2, 0.25) is 0 Å². The van der Waals surface area contributed by atoms with Gasteiger partial charge in [-0.25, -0.2) is 9.38 Å². The van der Waals surface area contributed by atoms with E-state index in [1.807, 2.05) is 0 Å². The third-order valence-corrected chi connectivity index (χ3v) is 5.52. The molecule has 168 valence electrons. The number of phenolic OH excluding ortho intramolecular Hbond substituents is 1. The second-order valence-electron chi connectivity index (χ2n) is 7.72. The fourth-order valence-electron chi connectivity index (χ4n) is 3.74. The van der Waals surface area contributed by atoms with Crippen LogP contribution in [0.25, 0.3) is 0 Å². The van der Waals surface area contributed by atoms with Gasteiger partial charge in [-0.05, 0) is 29.8 Å². The average molecular weight is 446 g/mol. The molecule has 8 heteroatoms. The van der Waals surface area contributed by atoms with Crippen molar-refractivity contribution in [2.45, 2.75) is 18.6 Å². The molecule has 0 aromatic heterocycles. The number of nitrogens with two attached hydrogens (primary N) is 1. The Labute approximate surface area is 190 Å². The van der Waals surface area contributed by atoms with Crippen LogP contribution in [0.5, 0.6) is 5.75 Å². The summed E-state index contributed by atoms with van der Waals surface area (Å²) in [7, 11) is 1.57. The third-order valence-electron chi connectivity index (χ3n) is 5.52. The number of phenols is 1. The smallest absolute Gasteiger partial charge is 0.272 e. The van der Waals surface area contributed by atoms with Gasteiger partial charge < -0.3 is 21.1 Å². The topological polar surface area (TPSA) is 108 Å². The quantitative estimate of drug-likeness (QED) is 0.559. The number of likely N-dealkylation sites (N-methyl/N-ethyl adjacent to an activating group) is 1. The summed E-state index contributed by atoms with van der Waals surface area (Å²) in [5.41, 5.74) is 8.13. The molecule has 33 heavy (non-hydrogen) atoms. The highest BCUT2D eigenvalue weighted by Crippen LogP contribution is 2.28. The first-order valence-electron chi connectivity index (χ1n) is 10.4. The van der Waals surface area contributed by atoms with E-state index in [1.54, 1.807) is 67.7 Å². The van der Waals surface area contributed by atoms with Gasteiger partial charge in [-0.15, -0.1) is 0 Å². The fourth-order valence-corrected chi connectivity index (χ4v) is 3.74. The molecular weight excluding hydrogens is 423 g/mol. The number of aliphatic imine (C=N–C) groups is 1. The predicted octanol–water partition coefficient (Wildman–Crippen LogP) is 2.36. The molecule has 2 unspecified atom stereocenters. The number of rotatable bonds is 5. The van der Waals surface area contributed by atoms with Gasteiger partial charge in [0.15, 0.2) is 0 Å². The molecule has 0 radical (unpaired) electrons. The van der Waals surface area contributed by atoms with Crippen molar-refractivity contribution in [3.63, 3.8) is 0 Å². The molecule has 1 aliphatic heterocycles. The summed E-state index contributed by atoms with van der Waals surface area (Å²) < 4.78 is 14.7. The lowest BCUT2D eigenvalue weighted by atomic mass is 10.00. The summed E-state index contributed by atoms with van der Waals surface area (Å²) >= 11 is 0. The molecule has 0 aliphatic carbocycles. The zero-order chi connectivity index (χ0) is 23.5. The van der Waals surface area contributed by atoms with E-state index >= 15 is 0 Å². The number of nitrogens with zero attached hydrogens (tertiary/aromatic N) is 2. The molecule has 0 spiro atoms. The van der Waals surface area contributed by atoms with E-state index in [-0.39, 0.29) is 23.4 Å². The summed E-state index contributed by atoms with van der Waals surface area (Å²) in [6.07, 6.45) is -1.24. The van der Waals surface area contributed by atoms with E-state index in [4.69, 9.17) is 5.73 Å². The number of nitrogens with one attached hydrogen (secondary N) is 1. The summed E-state index contributed by atoms with van der Waals surface area (Å²) in [5.74, 6) is -1.57. The predicted molar refractivity (Wildman–Crippen MR) is 124 cm³/mol. The van der Waals surface area contributed by atoms with Gasteiger partial charge in [0.25, 0.3) is 5.91 Å². The van der Waals surface area contributed by atoms with Crippen molar-refractivity contribution in [2.75, 3.05) is 11.9 Å². The van der Waals surface area contributed by atoms with E-state index < -0.39 is 29.8 Å². The van der Waals surface area contributed by atoms with Crippen molar-refractivity contribution < 1.29 is 19.1 Å². The van der Waals surface area contributed by atoms with Gasteiger partial charge in [-0.1, -0.05) is 48.5 Å². The summed E-state index contributed by atoms with van der Waals surface area (Å²) in [6, 6.07) is 18.7. The number of amides is 2. The maximum absolute atomic E-state index is 14.7. The van der Waals surface area contributed by atoms with Crippen LogP contribution in [-0.2, 0) is 16.0 Å². The fraction of sp³-hybridized carbons (Fsp3) is 0.160. The number of anilines is 1. The largest absolute Gasteiger partial charge is 0.508 e. The average Bonchev–Trinajstić information content (AvgIpc) is 2.91. The minimum absolute atomic E-state index is 0.0290. The van der Waals surface area contributed by atoms with Crippen LogP contribution >= 0.6 is 0 Å². The van der Waals surface area contributed by atoms with E-state index in [0.717, 1.165) is 0 Å². The number of para-hydroxylation sites is 2. The Morgan fingerprint density at radius 1 is 1.09 bits per heavy atom. The van der Waals surface area contributed by atoms with Crippen LogP contribution in [0.3, 0.4) is 0 Å². The molecule has 0 saturated heterocycles. The number of fused-ring (bicyclic) bond motifs is 1. The highest BCUT2D eigenvalue weighted by atomic mass is 19.1. The monoisotopic (exact) mass is 446 g/mol. The van der Waals surface area contributed by atoms with Gasteiger partial charge in [-0.2, -0.15) is 0 Å². The molecule has 4 rings (SSSR count). The SMILES string of the molecule is CN1C(=O)C(NC(=O)C(N)Cc2ccccc2O)N=C(c2ccccc2F)c2ccccc21. The summed E-state index contributed by atoms with van der Waals surface area (Å²) in [6.45, 7) is 0. The molecule has 0 saturated carbocycles. The van der Waals surface area contributed by atoms with Crippen LogP contribution in [0.15, 0.2) is 77.8 Å². The second kappa shape index (κ2) is 9.22. The lowest BCUT2D eigenvalue weighted by molar-refractivity contribution is -0.128. The number of aromatic hydroxyl groups is 1. The number of halogens is 1. The molecule has 2 atom stereocenters. The summed E-state index contributed by atoms with van der Waals surface area (Å²) in [4.78, 5) is 31.9. The van der Waals surface area contributed by atoms with Crippen molar-refractivity contribution in [3.05, 3.63) is 95.3 Å². The van der Waals surface area contributed by atoms with Crippen molar-refractivity contribution in [1.82, 2.24) is 5.32 Å². The van der Waals surface area contributed by atoms with E-state index in [1.165, 1.54) is 17.0 Å². The molecule has 1 heterocycles. The number of benzene rings is 3. The standard InChI is InChI=1S/C25H23FN4O3/c1-30-20-12-6-4-10-17(20)22(16-9-3-5-11-18(16)26)28-23(25(30)33)29-24(32)19(27)14-15-8-2-7-13-21(15)31/h2-13,19,23,31H,14,27H2,1H3,(H,29,32). The minimum atomic E-state index is -1.31. The molecule has 7 nitrogen and oxygen atoms in total. The molecule has 0 bridgehead atoms. The lowest BCUT2D eigenvalue weighted by Crippen LogP contribution is -2.51. The molecule has 3 aromatic rings. The van der Waals surface area contributed by atoms with Crippen molar-refractivity contribution in [1.29, 1.82) is 0 Å². The van der Waals surface area contributed by atoms with Gasteiger partial charge >= 0.3 is 0 Å². The number of hydrogen-bond acceptors (Lipinski definition) is 5. The highest BCUT2D eigenvalue weighted by Gasteiger charge is 2.32. The zero-order valence-corrected chi connectivity index (χ0v) is 17.9. The van der Waals surface area contributed by atoms with E-state index in [2.05, 4.69) is 10.3 Å². The Balaban J connectivity index is 1.68. The molecular formula is C25H23FN4O3. The number of benzodiazepines with no additional fused rings is 1. The van der Waals surface area contributed by atoms with Gasteiger partial charge in [0, 0.05) is 24.6 Å². The first kappa shape index (κ1) is 22.2. The third kappa shape index (κ3) is 4.47. The van der Waals surface area contributed by atoms with Crippen molar-refractivity contribution in [3.8, 4) is 5.75 Å². The molecule has 1 aliphatic rings. The minimum Gasteiger partial charge on any atom is -0.508 e. The first-order chi connectivity index (χ1) is 15.9. The van der Waals surface area contributed by atoms with Gasteiger partial charge in [0.2, 0.25) is 12.1 Å². The van der Waals surface area contributed by atoms with Gasteiger partial charge in [0.05, 0.1) is 17.4 Å². The molecule has 2 amide bonds. The highest BCUT2D eigenvalue weighted by molar-refractivity contribution is 6.20. The normalized spacial score (nSPS) is 16.5. The Morgan fingerprint density at radius 3 is 2.45 bits per heavy atom. The number of hydrogen-bond donors (Lipinski definition) is 3. The Kier molecular flexibility index (Phi) is 6.19. The molecule has 3 aromatic carbocycles. The van der Waals surface area contributed by atoms with Crippen LogP contribution in [0.1, 0.15) is 16.7 Å². The Hall–Kier alpha value is -4.04. The Bertz CT molecular complexity index is 1240. The molecule has 0 fully saturated rings. The van der Waals surface area contributed by atoms with Crippen molar-refractivity contribution in [2.24, 2.45) is 10.7 Å². The van der Waals surface area contributed by atoms with Gasteiger partial charge in [-0.3, -0.25) is 9.59 Å². The second-order valence-corrected chi connectivity index (χ2v) is 7.72. The first-order valence-corrected chi connectivity index (χ1v) is 10.4. The van der Waals surface area contributed by atoms with Crippen molar-refractivity contribution >= 4 is 23.2 Å². The number of carbonyl (C=O) groups is 2. The summed E-state index contributed by atoms with van der Waals surface area (Å²) in [5, 5.41) is 12.5. The van der Waals surface area contributed by atoms with Crippen LogP contribution in [0, 0.1) is 5.82 Å². The molecule has 4 N–H and O–H groups in total. The maximum atomic E-state index is 14.7. The van der Waals surface area contributed by atoms with Crippen LogP contribution in [0.4, 0.5) is 10.1 Å². The lowest BCUT2D eigenvalue weighted by Gasteiger charge is -2.22. The van der Waals surface area contributed by atoms with Crippen LogP contribution in [-0.4, -0.2) is 41.9 Å². The number of carbonyl (C=O) groups excluding carboxylic acids is 2. The van der Waals surface area contributed by atoms with Gasteiger partial charge in [0.1, 0.15) is 11.6 Å². The van der Waals surface area contributed by atoms with E-state index in [0.29, 0.717) is 16.8 Å².